The molecule has 4 nitrogen and oxygen atoms in total. The predicted octanol–water partition coefficient (Wildman–Crippen LogP) is 3.72. The van der Waals surface area contributed by atoms with Crippen molar-refractivity contribution in [3.05, 3.63) is 29.8 Å². The highest BCUT2D eigenvalue weighted by molar-refractivity contribution is 5.70. The van der Waals surface area contributed by atoms with Gasteiger partial charge in [0.25, 0.3) is 0 Å². The van der Waals surface area contributed by atoms with Crippen molar-refractivity contribution in [1.29, 1.82) is 0 Å². The van der Waals surface area contributed by atoms with Crippen molar-refractivity contribution in [1.82, 2.24) is 0 Å². The molecule has 122 valence electrons. The third kappa shape index (κ3) is 4.23. The molecule has 2 N–H and O–H groups in total. The lowest BCUT2D eigenvalue weighted by Crippen LogP contribution is -2.33. The molecule has 0 saturated heterocycles. The van der Waals surface area contributed by atoms with Gasteiger partial charge in [0.1, 0.15) is 5.75 Å². The van der Waals surface area contributed by atoms with Gasteiger partial charge in [0, 0.05) is 0 Å². The maximum absolute atomic E-state index is 11.0. The van der Waals surface area contributed by atoms with Gasteiger partial charge in [0.05, 0.1) is 18.1 Å². The molecule has 0 aliphatic heterocycles. The van der Waals surface area contributed by atoms with Crippen LogP contribution in [0.2, 0.25) is 0 Å². The van der Waals surface area contributed by atoms with Crippen molar-refractivity contribution >= 4 is 5.97 Å². The Bertz CT molecular complexity index is 472. The van der Waals surface area contributed by atoms with E-state index in [1.54, 1.807) is 0 Å². The Morgan fingerprint density at radius 2 is 1.86 bits per heavy atom. The van der Waals surface area contributed by atoms with Crippen molar-refractivity contribution < 1.29 is 19.7 Å². The Kier molecular flexibility index (Phi) is 5.83. The summed E-state index contributed by atoms with van der Waals surface area (Å²) in [5.74, 6) is -0.248. The number of carbonyl (C=O) groups is 1. The smallest absolute Gasteiger partial charge is 0.306 e. The zero-order valence-electron chi connectivity index (χ0n) is 13.3. The van der Waals surface area contributed by atoms with Gasteiger partial charge >= 0.3 is 5.97 Å². The van der Waals surface area contributed by atoms with Crippen LogP contribution in [0.1, 0.15) is 57.4 Å². The molecule has 0 radical (unpaired) electrons. The summed E-state index contributed by atoms with van der Waals surface area (Å²) in [5, 5.41) is 19.8. The van der Waals surface area contributed by atoms with Crippen LogP contribution < -0.4 is 4.74 Å². The van der Waals surface area contributed by atoms with Crippen molar-refractivity contribution in [2.45, 2.75) is 57.5 Å². The molecule has 0 atom stereocenters. The number of aliphatic hydroxyl groups is 1. The average Bonchev–Trinajstić information content (AvgIpc) is 2.52. The first-order chi connectivity index (χ1) is 10.5. The van der Waals surface area contributed by atoms with Gasteiger partial charge in [-0.05, 0) is 49.8 Å². The number of benzene rings is 1. The van der Waals surface area contributed by atoms with Crippen LogP contribution in [0.15, 0.2) is 24.3 Å². The molecule has 0 bridgehead atoms. The SMILES string of the molecule is CCCCCOc1ccc(C2(O)CCC(C(=O)O)CC2)cc1. The number of carboxylic acids is 1. The second kappa shape index (κ2) is 7.63. The number of hydrogen-bond donors (Lipinski definition) is 2. The Labute approximate surface area is 132 Å². The lowest BCUT2D eigenvalue weighted by Gasteiger charge is -2.35. The van der Waals surface area contributed by atoms with Gasteiger partial charge in [0.15, 0.2) is 0 Å². The lowest BCUT2D eigenvalue weighted by atomic mass is 9.75. The summed E-state index contributed by atoms with van der Waals surface area (Å²) >= 11 is 0. The molecule has 0 heterocycles. The summed E-state index contributed by atoms with van der Waals surface area (Å²) in [6.07, 6.45) is 5.46. The van der Waals surface area contributed by atoms with Crippen molar-refractivity contribution in [2.24, 2.45) is 5.92 Å². The fraction of sp³-hybridized carbons (Fsp3) is 0.611. The normalized spacial score (nSPS) is 24.9. The van der Waals surface area contributed by atoms with Crippen LogP contribution >= 0.6 is 0 Å². The van der Waals surface area contributed by atoms with Gasteiger partial charge in [-0.25, -0.2) is 0 Å². The van der Waals surface area contributed by atoms with Gasteiger partial charge in [-0.2, -0.15) is 0 Å². The summed E-state index contributed by atoms with van der Waals surface area (Å²) in [7, 11) is 0. The first kappa shape index (κ1) is 16.8. The molecule has 0 aromatic heterocycles. The van der Waals surface area contributed by atoms with Crippen LogP contribution in [0.25, 0.3) is 0 Å². The van der Waals surface area contributed by atoms with E-state index in [4.69, 9.17) is 9.84 Å². The molecular weight excluding hydrogens is 280 g/mol. The molecule has 2 rings (SSSR count). The van der Waals surface area contributed by atoms with Crippen molar-refractivity contribution in [3.8, 4) is 5.75 Å². The van der Waals surface area contributed by atoms with E-state index in [-0.39, 0.29) is 5.92 Å². The molecule has 0 amide bonds. The molecule has 1 fully saturated rings. The van der Waals surface area contributed by atoms with Crippen LogP contribution in [-0.2, 0) is 10.4 Å². The third-order valence-electron chi connectivity index (χ3n) is 4.57. The maximum atomic E-state index is 11.0. The van der Waals surface area contributed by atoms with Crippen LogP contribution in [0.3, 0.4) is 0 Å². The number of ether oxygens (including phenoxy) is 1. The van der Waals surface area contributed by atoms with Gasteiger partial charge in [-0.1, -0.05) is 31.9 Å². The minimum Gasteiger partial charge on any atom is -0.494 e. The highest BCUT2D eigenvalue weighted by atomic mass is 16.5. The molecule has 1 aromatic rings. The highest BCUT2D eigenvalue weighted by Crippen LogP contribution is 2.39. The molecule has 4 heteroatoms. The summed E-state index contributed by atoms with van der Waals surface area (Å²) in [5.41, 5.74) is -0.0376. The molecule has 22 heavy (non-hydrogen) atoms. The number of rotatable bonds is 7. The second-order valence-electron chi connectivity index (χ2n) is 6.22. The van der Waals surface area contributed by atoms with Gasteiger partial charge in [0.2, 0.25) is 0 Å². The van der Waals surface area contributed by atoms with E-state index < -0.39 is 11.6 Å². The van der Waals surface area contributed by atoms with E-state index in [1.807, 2.05) is 24.3 Å². The fourth-order valence-electron chi connectivity index (χ4n) is 3.03. The van der Waals surface area contributed by atoms with E-state index in [0.29, 0.717) is 25.7 Å². The van der Waals surface area contributed by atoms with Crippen molar-refractivity contribution in [3.63, 3.8) is 0 Å². The first-order valence-electron chi connectivity index (χ1n) is 8.23. The monoisotopic (exact) mass is 306 g/mol. The first-order valence-corrected chi connectivity index (χ1v) is 8.23. The van der Waals surface area contributed by atoms with Gasteiger partial charge < -0.3 is 14.9 Å². The Hall–Kier alpha value is -1.55. The van der Waals surface area contributed by atoms with Crippen LogP contribution in [-0.4, -0.2) is 22.8 Å². The Morgan fingerprint density at radius 3 is 2.41 bits per heavy atom. The van der Waals surface area contributed by atoms with Crippen LogP contribution in [0.4, 0.5) is 0 Å². The fourth-order valence-corrected chi connectivity index (χ4v) is 3.03. The van der Waals surface area contributed by atoms with Gasteiger partial charge in [-0.3, -0.25) is 4.79 Å². The summed E-state index contributed by atoms with van der Waals surface area (Å²) in [4.78, 5) is 11.0. The Morgan fingerprint density at radius 1 is 1.23 bits per heavy atom. The third-order valence-corrected chi connectivity index (χ3v) is 4.57. The lowest BCUT2D eigenvalue weighted by molar-refractivity contribution is -0.145. The summed E-state index contributed by atoms with van der Waals surface area (Å²) in [6, 6.07) is 7.58. The second-order valence-corrected chi connectivity index (χ2v) is 6.22. The molecule has 1 saturated carbocycles. The standard InChI is InChI=1S/C18H26O4/c1-2-3-4-13-22-16-7-5-15(6-8-16)18(21)11-9-14(10-12-18)17(19)20/h5-8,14,21H,2-4,9-13H2,1H3,(H,19,20). The molecular formula is C18H26O4. The largest absolute Gasteiger partial charge is 0.494 e. The highest BCUT2D eigenvalue weighted by Gasteiger charge is 2.36. The van der Waals surface area contributed by atoms with E-state index >= 15 is 0 Å². The van der Waals surface area contributed by atoms with E-state index in [9.17, 15) is 9.90 Å². The summed E-state index contributed by atoms with van der Waals surface area (Å²) in [6.45, 7) is 2.88. The van der Waals surface area contributed by atoms with Crippen LogP contribution in [0, 0.1) is 5.92 Å². The summed E-state index contributed by atoms with van der Waals surface area (Å²) < 4.78 is 5.67. The topological polar surface area (TPSA) is 66.8 Å². The quantitative estimate of drug-likeness (QED) is 0.753. The zero-order valence-corrected chi connectivity index (χ0v) is 13.3. The number of hydrogen-bond acceptors (Lipinski definition) is 3. The molecule has 1 aromatic carbocycles. The Balaban J connectivity index is 1.91. The molecule has 0 unspecified atom stereocenters. The number of carboxylic acid groups (broad SMARTS) is 1. The minimum absolute atomic E-state index is 0.318. The van der Waals surface area contributed by atoms with E-state index in [1.165, 1.54) is 12.8 Å². The number of unbranched alkanes of at least 4 members (excludes halogenated alkanes) is 2. The van der Waals surface area contributed by atoms with E-state index in [2.05, 4.69) is 6.92 Å². The number of aliphatic carboxylic acids is 1. The average molecular weight is 306 g/mol. The van der Waals surface area contributed by atoms with Gasteiger partial charge in [-0.15, -0.1) is 0 Å². The van der Waals surface area contributed by atoms with Crippen LogP contribution in [0.5, 0.6) is 5.75 Å². The molecule has 1 aliphatic carbocycles. The zero-order chi connectivity index (χ0) is 16.0. The minimum atomic E-state index is -0.896. The van der Waals surface area contributed by atoms with E-state index in [0.717, 1.165) is 24.3 Å². The molecule has 0 spiro atoms. The maximum Gasteiger partial charge on any atom is 0.306 e. The predicted molar refractivity (Wildman–Crippen MR) is 85.0 cm³/mol. The molecule has 1 aliphatic rings. The van der Waals surface area contributed by atoms with Crippen molar-refractivity contribution in [2.75, 3.05) is 6.61 Å².